The average Bonchev–Trinajstić information content (AvgIpc) is 2.90. The average molecular weight is 249 g/mol. The molecule has 0 saturated heterocycles. The third-order valence-electron chi connectivity index (χ3n) is 3.16. The fourth-order valence-electron chi connectivity index (χ4n) is 2.16. The summed E-state index contributed by atoms with van der Waals surface area (Å²) in [5, 5.41) is 20.2. The normalized spacial score (nSPS) is 12.2. The van der Waals surface area contributed by atoms with E-state index in [0.29, 0.717) is 5.56 Å². The molecule has 3 aromatic rings. The summed E-state index contributed by atoms with van der Waals surface area (Å²) in [6.45, 7) is 0. The Morgan fingerprint density at radius 2 is 2.00 bits per heavy atom. The Labute approximate surface area is 110 Å². The van der Waals surface area contributed by atoms with Gasteiger partial charge in [0, 0.05) is 35.1 Å². The maximum Gasteiger partial charge on any atom is 0.106 e. The van der Waals surface area contributed by atoms with Crippen LogP contribution in [0.4, 0.5) is 0 Å². The van der Waals surface area contributed by atoms with Crippen molar-refractivity contribution in [3.05, 3.63) is 65.6 Å². The van der Waals surface area contributed by atoms with Crippen LogP contribution in [-0.4, -0.2) is 15.1 Å². The van der Waals surface area contributed by atoms with Crippen LogP contribution in [0.25, 0.3) is 10.9 Å². The molecular formula is C15H11N3O. The number of hydrogen-bond donors (Lipinski definition) is 2. The molecule has 1 atom stereocenters. The second-order valence-electron chi connectivity index (χ2n) is 4.30. The van der Waals surface area contributed by atoms with Gasteiger partial charge in [0.25, 0.3) is 0 Å². The van der Waals surface area contributed by atoms with Gasteiger partial charge >= 0.3 is 0 Å². The van der Waals surface area contributed by atoms with Crippen LogP contribution in [0.15, 0.2) is 48.9 Å². The molecule has 0 aliphatic carbocycles. The summed E-state index contributed by atoms with van der Waals surface area (Å²) in [4.78, 5) is 7.04. The lowest BCUT2D eigenvalue weighted by Crippen LogP contribution is -1.98. The number of aromatic nitrogens is 2. The molecule has 92 valence electrons. The summed E-state index contributed by atoms with van der Waals surface area (Å²) in [5.41, 5.74) is 3.02. The van der Waals surface area contributed by atoms with E-state index in [-0.39, 0.29) is 0 Å². The highest BCUT2D eigenvalue weighted by Gasteiger charge is 2.15. The smallest absolute Gasteiger partial charge is 0.106 e. The highest BCUT2D eigenvalue weighted by atomic mass is 16.3. The zero-order valence-corrected chi connectivity index (χ0v) is 10.0. The third kappa shape index (κ3) is 1.96. The fraction of sp³-hybridized carbons (Fsp3) is 0.0667. The van der Waals surface area contributed by atoms with Gasteiger partial charge in [-0.15, -0.1) is 0 Å². The first-order valence-electron chi connectivity index (χ1n) is 5.88. The summed E-state index contributed by atoms with van der Waals surface area (Å²) in [6.07, 6.45) is 4.34. The van der Waals surface area contributed by atoms with Crippen molar-refractivity contribution in [1.29, 1.82) is 5.26 Å². The predicted octanol–water partition coefficient (Wildman–Crippen LogP) is 2.52. The van der Waals surface area contributed by atoms with E-state index in [4.69, 9.17) is 5.26 Å². The van der Waals surface area contributed by atoms with Gasteiger partial charge in [0.15, 0.2) is 0 Å². The summed E-state index contributed by atoms with van der Waals surface area (Å²) >= 11 is 0. The number of nitrogens with one attached hydrogen (secondary N) is 1. The minimum absolute atomic E-state index is 0.579. The lowest BCUT2D eigenvalue weighted by Gasteiger charge is -2.09. The van der Waals surface area contributed by atoms with E-state index in [1.165, 1.54) is 0 Å². The second kappa shape index (κ2) is 4.56. The van der Waals surface area contributed by atoms with Crippen LogP contribution in [0.1, 0.15) is 22.8 Å². The molecule has 0 amide bonds. The monoisotopic (exact) mass is 249 g/mol. The number of nitrogens with zero attached hydrogens (tertiary/aromatic N) is 2. The first-order chi connectivity index (χ1) is 9.29. The van der Waals surface area contributed by atoms with Gasteiger partial charge in [-0.3, -0.25) is 4.98 Å². The van der Waals surface area contributed by atoms with Crippen LogP contribution in [0.5, 0.6) is 0 Å². The molecule has 4 nitrogen and oxygen atoms in total. The second-order valence-corrected chi connectivity index (χ2v) is 4.30. The molecule has 0 radical (unpaired) electrons. The van der Waals surface area contributed by atoms with E-state index in [2.05, 4.69) is 16.0 Å². The zero-order valence-electron chi connectivity index (χ0n) is 10.0. The van der Waals surface area contributed by atoms with Gasteiger partial charge in [-0.25, -0.2) is 0 Å². The summed E-state index contributed by atoms with van der Waals surface area (Å²) in [5.74, 6) is 0. The van der Waals surface area contributed by atoms with E-state index in [9.17, 15) is 5.11 Å². The molecular weight excluding hydrogens is 238 g/mol. The van der Waals surface area contributed by atoms with Crippen molar-refractivity contribution in [2.45, 2.75) is 6.10 Å². The maximum atomic E-state index is 10.4. The number of benzene rings is 1. The largest absolute Gasteiger partial charge is 0.384 e. The highest BCUT2D eigenvalue weighted by molar-refractivity contribution is 5.85. The number of H-pyrrole nitrogens is 1. The fourth-order valence-corrected chi connectivity index (χ4v) is 2.16. The molecule has 0 aliphatic heterocycles. The van der Waals surface area contributed by atoms with E-state index < -0.39 is 6.10 Å². The van der Waals surface area contributed by atoms with Gasteiger partial charge in [0.05, 0.1) is 11.6 Å². The zero-order chi connectivity index (χ0) is 13.2. The number of aromatic amines is 1. The van der Waals surface area contributed by atoms with Crippen molar-refractivity contribution in [2.24, 2.45) is 0 Å². The van der Waals surface area contributed by atoms with Crippen molar-refractivity contribution in [3.8, 4) is 6.07 Å². The Kier molecular flexibility index (Phi) is 2.75. The van der Waals surface area contributed by atoms with E-state index in [1.54, 1.807) is 42.9 Å². The van der Waals surface area contributed by atoms with Gasteiger partial charge in [-0.05, 0) is 35.9 Å². The summed E-state index contributed by atoms with van der Waals surface area (Å²) < 4.78 is 0. The van der Waals surface area contributed by atoms with Crippen molar-refractivity contribution in [3.63, 3.8) is 0 Å². The number of rotatable bonds is 2. The van der Waals surface area contributed by atoms with Gasteiger partial charge in [-0.1, -0.05) is 0 Å². The van der Waals surface area contributed by atoms with E-state index in [0.717, 1.165) is 22.0 Å². The maximum absolute atomic E-state index is 10.4. The van der Waals surface area contributed by atoms with Crippen molar-refractivity contribution in [1.82, 2.24) is 9.97 Å². The molecule has 2 aromatic heterocycles. The molecule has 2 N–H and O–H groups in total. The molecule has 4 heteroatoms. The quantitative estimate of drug-likeness (QED) is 0.733. The molecule has 0 bridgehead atoms. The Morgan fingerprint density at radius 3 is 2.74 bits per heavy atom. The lowest BCUT2D eigenvalue weighted by atomic mass is 10.0. The van der Waals surface area contributed by atoms with E-state index in [1.807, 2.05) is 6.07 Å². The standard InChI is InChI=1S/C15H11N3O/c16-8-10-1-2-14-12(7-10)13(9-18-14)15(19)11-3-5-17-6-4-11/h1-7,9,15,18-19H. The first-order valence-corrected chi connectivity index (χ1v) is 5.88. The van der Waals surface area contributed by atoms with E-state index >= 15 is 0 Å². The predicted molar refractivity (Wildman–Crippen MR) is 71.3 cm³/mol. The molecule has 19 heavy (non-hydrogen) atoms. The molecule has 0 aliphatic rings. The van der Waals surface area contributed by atoms with Crippen LogP contribution < -0.4 is 0 Å². The Balaban J connectivity index is 2.13. The molecule has 3 rings (SSSR count). The molecule has 0 fully saturated rings. The van der Waals surface area contributed by atoms with Gasteiger partial charge in [0.1, 0.15) is 6.10 Å². The van der Waals surface area contributed by atoms with Crippen LogP contribution in [0.2, 0.25) is 0 Å². The first kappa shape index (κ1) is 11.5. The number of aliphatic hydroxyl groups excluding tert-OH is 1. The number of aliphatic hydroxyl groups is 1. The molecule has 2 heterocycles. The number of pyridine rings is 1. The van der Waals surface area contributed by atoms with Crippen LogP contribution in [0, 0.1) is 11.3 Å². The van der Waals surface area contributed by atoms with Gasteiger partial charge in [0.2, 0.25) is 0 Å². The number of fused-ring (bicyclic) bond motifs is 1. The minimum atomic E-state index is -0.731. The van der Waals surface area contributed by atoms with Crippen molar-refractivity contribution in [2.75, 3.05) is 0 Å². The summed E-state index contributed by atoms with van der Waals surface area (Å²) in [7, 11) is 0. The molecule has 1 unspecified atom stereocenters. The lowest BCUT2D eigenvalue weighted by molar-refractivity contribution is 0.222. The van der Waals surface area contributed by atoms with Crippen LogP contribution in [-0.2, 0) is 0 Å². The topological polar surface area (TPSA) is 72.7 Å². The van der Waals surface area contributed by atoms with Crippen molar-refractivity contribution < 1.29 is 5.11 Å². The number of nitriles is 1. The Bertz CT molecular complexity index is 756. The summed E-state index contributed by atoms with van der Waals surface area (Å²) in [6, 6.07) is 11.0. The molecule has 0 saturated carbocycles. The number of hydrogen-bond acceptors (Lipinski definition) is 3. The van der Waals surface area contributed by atoms with Crippen LogP contribution in [0.3, 0.4) is 0 Å². The molecule has 0 spiro atoms. The Morgan fingerprint density at radius 1 is 1.21 bits per heavy atom. The third-order valence-corrected chi connectivity index (χ3v) is 3.16. The van der Waals surface area contributed by atoms with Crippen molar-refractivity contribution >= 4 is 10.9 Å². The van der Waals surface area contributed by atoms with Gasteiger partial charge < -0.3 is 10.1 Å². The van der Waals surface area contributed by atoms with Crippen LogP contribution >= 0.6 is 0 Å². The SMILES string of the molecule is N#Cc1ccc2[nH]cc(C(O)c3ccncc3)c2c1. The molecule has 1 aromatic carbocycles. The Hall–Kier alpha value is -2.64. The van der Waals surface area contributed by atoms with Gasteiger partial charge in [-0.2, -0.15) is 5.26 Å². The minimum Gasteiger partial charge on any atom is -0.384 e. The highest BCUT2D eigenvalue weighted by Crippen LogP contribution is 2.29.